The molecule has 0 radical (unpaired) electrons. The predicted molar refractivity (Wildman–Crippen MR) is 93.6 cm³/mol. The molecule has 0 saturated carbocycles. The number of carbonyl (C=O) groups is 1. The van der Waals surface area contributed by atoms with Crippen molar-refractivity contribution < 1.29 is 41.3 Å². The van der Waals surface area contributed by atoms with E-state index in [2.05, 4.69) is 4.74 Å². The lowest BCUT2D eigenvalue weighted by atomic mass is 10.2. The first-order valence-electron chi connectivity index (χ1n) is 8.92. The maximum absolute atomic E-state index is 13.7. The topological polar surface area (TPSA) is 57.3 Å². The molecule has 1 fully saturated rings. The largest absolute Gasteiger partial charge is 0.573 e. The first-order valence-corrected chi connectivity index (χ1v) is 8.92. The van der Waals surface area contributed by atoms with Crippen LogP contribution in [0, 0.1) is 5.82 Å². The van der Waals surface area contributed by atoms with Gasteiger partial charge in [-0.1, -0.05) is 0 Å². The molecule has 1 unspecified atom stereocenters. The smallest absolute Gasteiger partial charge is 0.494 e. The van der Waals surface area contributed by atoms with Crippen molar-refractivity contribution in [1.82, 2.24) is 0 Å². The summed E-state index contributed by atoms with van der Waals surface area (Å²) in [4.78, 5) is 12.1. The highest BCUT2D eigenvalue weighted by Gasteiger charge is 2.32. The number of unbranched alkanes of at least 4 members (excludes halogenated alkanes) is 1. The van der Waals surface area contributed by atoms with Crippen molar-refractivity contribution in [2.24, 2.45) is 0 Å². The second-order valence-electron chi connectivity index (χ2n) is 6.35. The zero-order valence-corrected chi connectivity index (χ0v) is 15.2. The highest BCUT2D eigenvalue weighted by molar-refractivity contribution is 5.91. The van der Waals surface area contributed by atoms with Crippen molar-refractivity contribution in [3.8, 4) is 17.2 Å². The van der Waals surface area contributed by atoms with Gasteiger partial charge in [0, 0.05) is 6.07 Å². The Morgan fingerprint density at radius 1 is 1.07 bits per heavy atom. The van der Waals surface area contributed by atoms with Crippen LogP contribution in [0.5, 0.6) is 17.2 Å². The summed E-state index contributed by atoms with van der Waals surface area (Å²) in [6, 6.07) is 8.54. The number of benzene rings is 2. The minimum Gasteiger partial charge on any atom is -0.494 e. The van der Waals surface area contributed by atoms with E-state index in [1.807, 2.05) is 0 Å². The molecule has 9 heteroatoms. The van der Waals surface area contributed by atoms with Gasteiger partial charge in [-0.15, -0.1) is 13.2 Å². The van der Waals surface area contributed by atoms with E-state index in [0.29, 0.717) is 24.5 Å². The summed E-state index contributed by atoms with van der Waals surface area (Å²) in [7, 11) is 0. The second kappa shape index (κ2) is 9.13. The van der Waals surface area contributed by atoms with Crippen LogP contribution in [0.4, 0.5) is 17.6 Å². The van der Waals surface area contributed by atoms with Gasteiger partial charge in [0.1, 0.15) is 11.5 Å². The molecule has 29 heavy (non-hydrogen) atoms. The molecular formula is C20H18F4O5. The molecule has 0 bridgehead atoms. The molecular weight excluding hydrogens is 396 g/mol. The Kier molecular flexibility index (Phi) is 6.58. The number of epoxide rings is 1. The van der Waals surface area contributed by atoms with E-state index in [0.717, 1.165) is 38.0 Å². The average Bonchev–Trinajstić information content (AvgIpc) is 3.47. The fraction of sp³-hybridized carbons (Fsp3) is 0.350. The van der Waals surface area contributed by atoms with Crippen molar-refractivity contribution in [1.29, 1.82) is 0 Å². The van der Waals surface area contributed by atoms with Crippen molar-refractivity contribution in [3.05, 3.63) is 53.8 Å². The van der Waals surface area contributed by atoms with E-state index < -0.39 is 23.9 Å². The molecule has 0 aromatic heterocycles. The van der Waals surface area contributed by atoms with Crippen LogP contribution in [-0.4, -0.2) is 31.6 Å². The molecule has 1 heterocycles. The van der Waals surface area contributed by atoms with E-state index in [9.17, 15) is 22.4 Å². The van der Waals surface area contributed by atoms with E-state index in [1.165, 1.54) is 12.1 Å². The Morgan fingerprint density at radius 3 is 2.38 bits per heavy atom. The Hall–Kier alpha value is -2.81. The fourth-order valence-electron chi connectivity index (χ4n) is 2.50. The molecule has 156 valence electrons. The SMILES string of the molecule is O=C(Oc1ccc(OC(F)(F)F)c(F)c1)c1ccc(OCCCCC2CO2)cc1. The molecule has 1 atom stereocenters. The van der Waals surface area contributed by atoms with E-state index >= 15 is 0 Å². The van der Waals surface area contributed by atoms with E-state index in [-0.39, 0.29) is 11.3 Å². The summed E-state index contributed by atoms with van der Waals surface area (Å²) in [5.41, 5.74) is 0.180. The van der Waals surface area contributed by atoms with E-state index in [1.54, 1.807) is 12.1 Å². The molecule has 0 spiro atoms. The molecule has 1 saturated heterocycles. The molecule has 5 nitrogen and oxygen atoms in total. The maximum atomic E-state index is 13.7. The van der Waals surface area contributed by atoms with Crippen molar-refractivity contribution in [3.63, 3.8) is 0 Å². The number of hydrogen-bond donors (Lipinski definition) is 0. The van der Waals surface area contributed by atoms with Gasteiger partial charge in [-0.05, 0) is 55.7 Å². The molecule has 0 aliphatic carbocycles. The lowest BCUT2D eigenvalue weighted by Crippen LogP contribution is -2.18. The van der Waals surface area contributed by atoms with Crippen LogP contribution in [0.25, 0.3) is 0 Å². The standard InChI is InChI=1S/C20H18F4O5/c21-17-11-15(8-9-18(17)29-20(22,23)24)28-19(25)13-4-6-14(7-5-13)26-10-2-1-3-16-12-27-16/h4-9,11,16H,1-3,10,12H2. The van der Waals surface area contributed by atoms with Gasteiger partial charge in [0.15, 0.2) is 11.6 Å². The average molecular weight is 414 g/mol. The molecule has 1 aliphatic heterocycles. The Labute approximate surface area is 164 Å². The molecule has 0 amide bonds. The van der Waals surface area contributed by atoms with Crippen LogP contribution in [0.3, 0.4) is 0 Å². The number of hydrogen-bond acceptors (Lipinski definition) is 5. The molecule has 2 aromatic rings. The first kappa shape index (κ1) is 20.9. The highest BCUT2D eigenvalue weighted by atomic mass is 19.4. The summed E-state index contributed by atoms with van der Waals surface area (Å²) in [5, 5.41) is 0. The number of ether oxygens (including phenoxy) is 4. The van der Waals surface area contributed by atoms with Crippen molar-refractivity contribution in [2.45, 2.75) is 31.7 Å². The summed E-state index contributed by atoms with van der Waals surface area (Å²) >= 11 is 0. The molecule has 2 aromatic carbocycles. The lowest BCUT2D eigenvalue weighted by Gasteiger charge is -2.11. The predicted octanol–water partition coefficient (Wildman–Crippen LogP) is 4.89. The number of carbonyl (C=O) groups excluding carboxylic acids is 1. The van der Waals surface area contributed by atoms with Gasteiger partial charge in [0.25, 0.3) is 0 Å². The van der Waals surface area contributed by atoms with Crippen LogP contribution < -0.4 is 14.2 Å². The van der Waals surface area contributed by atoms with Crippen LogP contribution in [0.15, 0.2) is 42.5 Å². The van der Waals surface area contributed by atoms with Crippen LogP contribution in [-0.2, 0) is 4.74 Å². The third-order valence-electron chi connectivity index (χ3n) is 4.02. The molecule has 0 N–H and O–H groups in total. The lowest BCUT2D eigenvalue weighted by molar-refractivity contribution is -0.275. The van der Waals surface area contributed by atoms with Gasteiger partial charge in [-0.2, -0.15) is 0 Å². The number of rotatable bonds is 9. The summed E-state index contributed by atoms with van der Waals surface area (Å²) < 4.78 is 69.3. The van der Waals surface area contributed by atoms with E-state index in [4.69, 9.17) is 14.2 Å². The van der Waals surface area contributed by atoms with Gasteiger partial charge in [0.05, 0.1) is 24.9 Å². The second-order valence-corrected chi connectivity index (χ2v) is 6.35. The molecule has 3 rings (SSSR count). The Bertz CT molecular complexity index is 832. The Morgan fingerprint density at radius 2 is 1.76 bits per heavy atom. The van der Waals surface area contributed by atoms with Crippen LogP contribution in [0.1, 0.15) is 29.6 Å². The monoisotopic (exact) mass is 414 g/mol. The zero-order chi connectivity index (χ0) is 20.9. The number of halogens is 4. The first-order chi connectivity index (χ1) is 13.8. The number of esters is 1. The third-order valence-corrected chi connectivity index (χ3v) is 4.02. The van der Waals surface area contributed by atoms with Crippen molar-refractivity contribution in [2.75, 3.05) is 13.2 Å². The maximum Gasteiger partial charge on any atom is 0.573 e. The summed E-state index contributed by atoms with van der Waals surface area (Å²) in [6.07, 6.45) is -1.68. The van der Waals surface area contributed by atoms with Crippen LogP contribution in [0.2, 0.25) is 0 Å². The zero-order valence-electron chi connectivity index (χ0n) is 15.2. The summed E-state index contributed by atoms with van der Waals surface area (Å²) in [5.74, 6) is -2.76. The minimum atomic E-state index is -5.02. The van der Waals surface area contributed by atoms with Gasteiger partial charge in [-0.25, -0.2) is 9.18 Å². The van der Waals surface area contributed by atoms with Gasteiger partial charge in [-0.3, -0.25) is 0 Å². The van der Waals surface area contributed by atoms with Gasteiger partial charge < -0.3 is 18.9 Å². The van der Waals surface area contributed by atoms with Gasteiger partial charge >= 0.3 is 12.3 Å². The fourth-order valence-corrected chi connectivity index (χ4v) is 2.50. The third kappa shape index (κ3) is 6.94. The molecule has 1 aliphatic rings. The highest BCUT2D eigenvalue weighted by Crippen LogP contribution is 2.28. The van der Waals surface area contributed by atoms with Crippen LogP contribution >= 0.6 is 0 Å². The Balaban J connectivity index is 1.49. The normalized spacial score (nSPS) is 15.7. The number of alkyl halides is 3. The quantitative estimate of drug-likeness (QED) is 0.192. The van der Waals surface area contributed by atoms with Crippen molar-refractivity contribution >= 4 is 5.97 Å². The summed E-state index contributed by atoms with van der Waals surface area (Å²) in [6.45, 7) is 1.39. The minimum absolute atomic E-state index is 0.180. The van der Waals surface area contributed by atoms with Gasteiger partial charge in [0.2, 0.25) is 0 Å².